The highest BCUT2D eigenvalue weighted by atomic mass is 32.2. The lowest BCUT2D eigenvalue weighted by Crippen LogP contribution is -2.35. The molecular formula is C16H18N4O4S. The Hall–Kier alpha value is -2.91. The number of amides is 3. The number of rotatable bonds is 6. The van der Waals surface area contributed by atoms with Crippen molar-refractivity contribution in [1.29, 1.82) is 0 Å². The second kappa shape index (κ2) is 7.77. The maximum Gasteiger partial charge on any atom is 0.312 e. The average Bonchev–Trinajstić information content (AvgIpc) is 2.54. The number of hydrogen-bond donors (Lipinski definition) is 4. The number of anilines is 1. The van der Waals surface area contributed by atoms with Crippen LogP contribution in [0.2, 0.25) is 0 Å². The predicted molar refractivity (Wildman–Crippen MR) is 93.0 cm³/mol. The summed E-state index contributed by atoms with van der Waals surface area (Å²) in [5, 5.41) is 10.2. The molecular weight excluding hydrogens is 344 g/mol. The molecule has 1 unspecified atom stereocenters. The molecule has 0 bridgehead atoms. The Bertz CT molecular complexity index is 869. The Labute approximate surface area is 145 Å². The Morgan fingerprint density at radius 3 is 2.32 bits per heavy atom. The van der Waals surface area contributed by atoms with Crippen molar-refractivity contribution in [2.75, 3.05) is 5.32 Å². The molecule has 8 nitrogen and oxygen atoms in total. The van der Waals surface area contributed by atoms with Crippen LogP contribution in [0.15, 0.2) is 59.5 Å². The summed E-state index contributed by atoms with van der Waals surface area (Å²) in [6.07, 6.45) is -0.0768. The number of sulfonamides is 1. The minimum absolute atomic E-state index is 0.0768. The quantitative estimate of drug-likeness (QED) is 0.609. The third-order valence-electron chi connectivity index (χ3n) is 3.35. The molecule has 0 aromatic heterocycles. The molecule has 0 aliphatic carbocycles. The predicted octanol–water partition coefficient (Wildman–Crippen LogP) is 1.07. The first kappa shape index (κ1) is 18.4. The number of hydrogen-bond acceptors (Lipinski definition) is 4. The van der Waals surface area contributed by atoms with Gasteiger partial charge < -0.3 is 16.4 Å². The Balaban J connectivity index is 2.13. The molecule has 0 saturated carbocycles. The third-order valence-corrected chi connectivity index (χ3v) is 4.27. The molecule has 132 valence electrons. The smallest absolute Gasteiger partial charge is 0.312 e. The fourth-order valence-electron chi connectivity index (χ4n) is 2.26. The number of primary sulfonamides is 1. The van der Waals surface area contributed by atoms with Crippen LogP contribution in [0.25, 0.3) is 0 Å². The van der Waals surface area contributed by atoms with Crippen molar-refractivity contribution in [2.45, 2.75) is 17.4 Å². The third kappa shape index (κ3) is 5.59. The van der Waals surface area contributed by atoms with Gasteiger partial charge in [-0.15, -0.1) is 0 Å². The minimum Gasteiger partial charge on any atom is -0.352 e. The van der Waals surface area contributed by atoms with Gasteiger partial charge in [0.25, 0.3) is 0 Å². The molecule has 0 aliphatic heterocycles. The molecule has 2 rings (SSSR count). The summed E-state index contributed by atoms with van der Waals surface area (Å²) >= 11 is 0. The number of benzene rings is 2. The molecule has 9 heteroatoms. The molecule has 2 aromatic carbocycles. The molecule has 0 saturated heterocycles. The van der Waals surface area contributed by atoms with Gasteiger partial charge in [0, 0.05) is 5.69 Å². The number of nitrogens with two attached hydrogens (primary N) is 2. The van der Waals surface area contributed by atoms with Gasteiger partial charge in [0.2, 0.25) is 15.9 Å². The molecule has 1 atom stereocenters. The van der Waals surface area contributed by atoms with Crippen LogP contribution in [0.5, 0.6) is 0 Å². The van der Waals surface area contributed by atoms with E-state index in [4.69, 9.17) is 10.9 Å². The van der Waals surface area contributed by atoms with E-state index in [0.29, 0.717) is 0 Å². The van der Waals surface area contributed by atoms with Crippen LogP contribution in [0.4, 0.5) is 10.5 Å². The maximum absolute atomic E-state index is 12.3. The van der Waals surface area contributed by atoms with Crippen LogP contribution in [0.3, 0.4) is 0 Å². The topological polar surface area (TPSA) is 144 Å². The van der Waals surface area contributed by atoms with E-state index >= 15 is 0 Å². The van der Waals surface area contributed by atoms with Crippen LogP contribution in [0, 0.1) is 0 Å². The van der Waals surface area contributed by atoms with E-state index in [-0.39, 0.29) is 17.0 Å². The Morgan fingerprint density at radius 1 is 1.04 bits per heavy atom. The molecule has 25 heavy (non-hydrogen) atoms. The van der Waals surface area contributed by atoms with E-state index in [9.17, 15) is 18.0 Å². The summed E-state index contributed by atoms with van der Waals surface area (Å²) in [6, 6.07) is 13.1. The highest BCUT2D eigenvalue weighted by molar-refractivity contribution is 7.89. The zero-order valence-electron chi connectivity index (χ0n) is 13.2. The van der Waals surface area contributed by atoms with Crippen LogP contribution >= 0.6 is 0 Å². The fraction of sp³-hybridized carbons (Fsp3) is 0.125. The summed E-state index contributed by atoms with van der Waals surface area (Å²) < 4.78 is 22.7. The van der Waals surface area contributed by atoms with Gasteiger partial charge in [-0.25, -0.2) is 18.4 Å². The lowest BCUT2D eigenvalue weighted by molar-refractivity contribution is -0.116. The monoisotopic (exact) mass is 362 g/mol. The van der Waals surface area contributed by atoms with E-state index in [1.807, 2.05) is 6.07 Å². The lowest BCUT2D eigenvalue weighted by Gasteiger charge is -2.17. The van der Waals surface area contributed by atoms with Crippen molar-refractivity contribution < 1.29 is 18.0 Å². The van der Waals surface area contributed by atoms with Crippen molar-refractivity contribution in [3.05, 3.63) is 60.2 Å². The van der Waals surface area contributed by atoms with E-state index < -0.39 is 28.0 Å². The van der Waals surface area contributed by atoms with Gasteiger partial charge >= 0.3 is 6.03 Å². The molecule has 6 N–H and O–H groups in total. The first-order valence-electron chi connectivity index (χ1n) is 7.29. The van der Waals surface area contributed by atoms with Crippen LogP contribution in [-0.2, 0) is 14.8 Å². The Kier molecular flexibility index (Phi) is 5.73. The van der Waals surface area contributed by atoms with Gasteiger partial charge in [-0.1, -0.05) is 36.4 Å². The molecule has 0 fully saturated rings. The highest BCUT2D eigenvalue weighted by Gasteiger charge is 2.18. The molecule has 0 spiro atoms. The molecule has 3 amide bonds. The number of urea groups is 1. The first-order chi connectivity index (χ1) is 11.8. The summed E-state index contributed by atoms with van der Waals surface area (Å²) in [4.78, 5) is 23.3. The molecule has 0 radical (unpaired) electrons. The molecule has 0 heterocycles. The van der Waals surface area contributed by atoms with Crippen LogP contribution in [0.1, 0.15) is 18.0 Å². The second-order valence-electron chi connectivity index (χ2n) is 5.30. The standard InChI is InChI=1S/C16H18N4O4S/c17-16(22)20-14(11-5-2-1-3-6-11)10-15(21)19-12-7-4-8-13(9-12)25(18,23)24/h1-9,14H,10H2,(H,19,21)(H3,17,20,22)(H2,18,23,24). The van der Waals surface area contributed by atoms with Crippen LogP contribution in [-0.4, -0.2) is 20.4 Å². The lowest BCUT2D eigenvalue weighted by atomic mass is 10.0. The van der Waals surface area contributed by atoms with Gasteiger partial charge in [0.15, 0.2) is 0 Å². The van der Waals surface area contributed by atoms with Crippen molar-refractivity contribution in [3.8, 4) is 0 Å². The van der Waals surface area contributed by atoms with Crippen molar-refractivity contribution in [1.82, 2.24) is 5.32 Å². The molecule has 0 aliphatic rings. The van der Waals surface area contributed by atoms with E-state index in [1.54, 1.807) is 24.3 Å². The average molecular weight is 362 g/mol. The highest BCUT2D eigenvalue weighted by Crippen LogP contribution is 2.19. The summed E-state index contributed by atoms with van der Waals surface area (Å²) in [7, 11) is -3.87. The van der Waals surface area contributed by atoms with Gasteiger partial charge in [-0.3, -0.25) is 4.79 Å². The number of carbonyl (C=O) groups is 2. The summed E-state index contributed by atoms with van der Waals surface area (Å²) in [5.74, 6) is -0.422. The Morgan fingerprint density at radius 2 is 1.72 bits per heavy atom. The van der Waals surface area contributed by atoms with Crippen molar-refractivity contribution in [3.63, 3.8) is 0 Å². The van der Waals surface area contributed by atoms with E-state index in [2.05, 4.69) is 10.6 Å². The van der Waals surface area contributed by atoms with Crippen molar-refractivity contribution in [2.24, 2.45) is 10.9 Å². The SMILES string of the molecule is NC(=O)NC(CC(=O)Nc1cccc(S(N)(=O)=O)c1)c1ccccc1. The number of carbonyl (C=O) groups excluding carboxylic acids is 2. The zero-order valence-corrected chi connectivity index (χ0v) is 14.0. The zero-order chi connectivity index (χ0) is 18.4. The van der Waals surface area contributed by atoms with E-state index in [1.165, 1.54) is 24.3 Å². The molecule has 2 aromatic rings. The van der Waals surface area contributed by atoms with Gasteiger partial charge in [0.1, 0.15) is 0 Å². The van der Waals surface area contributed by atoms with E-state index in [0.717, 1.165) is 5.56 Å². The number of primary amides is 1. The second-order valence-corrected chi connectivity index (χ2v) is 6.86. The minimum atomic E-state index is -3.87. The van der Waals surface area contributed by atoms with Gasteiger partial charge in [-0.05, 0) is 23.8 Å². The summed E-state index contributed by atoms with van der Waals surface area (Å²) in [5.41, 5.74) is 6.16. The van der Waals surface area contributed by atoms with Gasteiger partial charge in [-0.2, -0.15) is 0 Å². The largest absolute Gasteiger partial charge is 0.352 e. The fourth-order valence-corrected chi connectivity index (χ4v) is 2.82. The first-order valence-corrected chi connectivity index (χ1v) is 8.84. The van der Waals surface area contributed by atoms with Crippen molar-refractivity contribution >= 4 is 27.6 Å². The maximum atomic E-state index is 12.3. The summed E-state index contributed by atoms with van der Waals surface area (Å²) in [6.45, 7) is 0. The van der Waals surface area contributed by atoms with Crippen LogP contribution < -0.4 is 21.5 Å². The van der Waals surface area contributed by atoms with Gasteiger partial charge in [0.05, 0.1) is 17.4 Å². The normalized spacial score (nSPS) is 12.2. The number of nitrogens with one attached hydrogen (secondary N) is 2.